The van der Waals surface area contributed by atoms with Crippen molar-refractivity contribution in [2.75, 3.05) is 6.61 Å². The van der Waals surface area contributed by atoms with E-state index in [1.807, 2.05) is 0 Å². The Morgan fingerprint density at radius 2 is 2.31 bits per heavy atom. The summed E-state index contributed by atoms with van der Waals surface area (Å²) in [6.45, 7) is 1.49. The van der Waals surface area contributed by atoms with Crippen LogP contribution >= 0.6 is 0 Å². The van der Waals surface area contributed by atoms with Gasteiger partial charge < -0.3 is 5.11 Å². The number of hydrogen-bond donors (Lipinski definition) is 1. The summed E-state index contributed by atoms with van der Waals surface area (Å²) in [5, 5.41) is 17.5. The number of aliphatic hydroxyl groups is 1. The Morgan fingerprint density at radius 1 is 1.62 bits per heavy atom. The fraction of sp³-hybridized carbons (Fsp3) is 0.200. The smallest absolute Gasteiger partial charge is 0.141 e. The van der Waals surface area contributed by atoms with Crippen LogP contribution in [0.1, 0.15) is 18.1 Å². The van der Waals surface area contributed by atoms with Crippen molar-refractivity contribution in [1.82, 2.24) is 0 Å². The molecule has 0 aromatic heterocycles. The van der Waals surface area contributed by atoms with Gasteiger partial charge in [-0.2, -0.15) is 5.26 Å². The van der Waals surface area contributed by atoms with Gasteiger partial charge in [0.15, 0.2) is 0 Å². The van der Waals surface area contributed by atoms with E-state index in [2.05, 4.69) is 0 Å². The van der Waals surface area contributed by atoms with Crippen LogP contribution in [0.5, 0.6) is 0 Å². The highest BCUT2D eigenvalue weighted by atomic mass is 19.1. The number of hydrogen-bond acceptors (Lipinski definition) is 2. The zero-order valence-electron chi connectivity index (χ0n) is 7.21. The fourth-order valence-corrected chi connectivity index (χ4v) is 1.08. The summed E-state index contributed by atoms with van der Waals surface area (Å²) in [5.41, 5.74) is 0.471. The van der Waals surface area contributed by atoms with Crippen molar-refractivity contribution in [3.05, 3.63) is 41.1 Å². The van der Waals surface area contributed by atoms with E-state index in [1.54, 1.807) is 19.1 Å². The molecule has 1 N–H and O–H groups in total. The van der Waals surface area contributed by atoms with Gasteiger partial charge >= 0.3 is 0 Å². The molecule has 0 heterocycles. The van der Waals surface area contributed by atoms with Crippen LogP contribution in [0.3, 0.4) is 0 Å². The first-order valence-corrected chi connectivity index (χ1v) is 3.83. The summed E-state index contributed by atoms with van der Waals surface area (Å²) in [6.07, 6.45) is 0. The molecule has 13 heavy (non-hydrogen) atoms. The maximum absolute atomic E-state index is 13.0. The second-order valence-electron chi connectivity index (χ2n) is 2.71. The van der Waals surface area contributed by atoms with Gasteiger partial charge in [0, 0.05) is 5.92 Å². The molecule has 1 aromatic carbocycles. The molecule has 0 bridgehead atoms. The first-order chi connectivity index (χ1) is 6.20. The molecule has 1 rings (SSSR count). The average Bonchev–Trinajstić information content (AvgIpc) is 2.16. The highest BCUT2D eigenvalue weighted by Crippen LogP contribution is 2.20. The van der Waals surface area contributed by atoms with Crippen LogP contribution in [0, 0.1) is 23.1 Å². The van der Waals surface area contributed by atoms with Crippen molar-refractivity contribution >= 4 is 0 Å². The summed E-state index contributed by atoms with van der Waals surface area (Å²) in [6, 6.07) is 6.14. The van der Waals surface area contributed by atoms with E-state index < -0.39 is 5.82 Å². The normalized spacial score (nSPS) is 10.1. The summed E-state index contributed by atoms with van der Waals surface area (Å²) < 4.78 is 13.0. The first kappa shape index (κ1) is 9.69. The van der Waals surface area contributed by atoms with Crippen molar-refractivity contribution in [3.63, 3.8) is 0 Å². The molecule has 1 radical (unpaired) electrons. The van der Waals surface area contributed by atoms with Gasteiger partial charge in [0.2, 0.25) is 0 Å². The van der Waals surface area contributed by atoms with Gasteiger partial charge in [0.05, 0.1) is 12.2 Å². The SMILES string of the molecule is C[C](CO)c1cccc(F)c1C#N. The summed E-state index contributed by atoms with van der Waals surface area (Å²) >= 11 is 0. The molecule has 0 unspecified atom stereocenters. The van der Waals surface area contributed by atoms with Gasteiger partial charge in [-0.05, 0) is 11.6 Å². The van der Waals surface area contributed by atoms with Crippen LogP contribution in [-0.4, -0.2) is 11.7 Å². The molecular weight excluding hydrogens is 169 g/mol. The molecule has 2 nitrogen and oxygen atoms in total. The van der Waals surface area contributed by atoms with Gasteiger partial charge in [0.25, 0.3) is 0 Å². The molecule has 0 atom stereocenters. The minimum Gasteiger partial charge on any atom is -0.395 e. The number of nitriles is 1. The van der Waals surface area contributed by atoms with Gasteiger partial charge in [0.1, 0.15) is 11.9 Å². The molecule has 0 saturated carbocycles. The van der Waals surface area contributed by atoms with Gasteiger partial charge in [-0.15, -0.1) is 0 Å². The number of halogens is 1. The lowest BCUT2D eigenvalue weighted by molar-refractivity contribution is 0.314. The van der Waals surface area contributed by atoms with Crippen molar-refractivity contribution < 1.29 is 9.50 Å². The predicted molar refractivity (Wildman–Crippen MR) is 46.2 cm³/mol. The molecule has 0 saturated heterocycles. The van der Waals surface area contributed by atoms with E-state index in [0.717, 1.165) is 0 Å². The summed E-state index contributed by atoms with van der Waals surface area (Å²) in [4.78, 5) is 0. The lowest BCUT2D eigenvalue weighted by Gasteiger charge is -2.09. The lowest BCUT2D eigenvalue weighted by Crippen LogP contribution is -2.04. The second kappa shape index (κ2) is 4.01. The molecule has 1 aromatic rings. The molecule has 0 aliphatic carbocycles. The molecule has 0 fully saturated rings. The van der Waals surface area contributed by atoms with Crippen molar-refractivity contribution in [2.45, 2.75) is 6.92 Å². The lowest BCUT2D eigenvalue weighted by atomic mass is 9.97. The Kier molecular flexibility index (Phi) is 2.99. The maximum atomic E-state index is 13.0. The minimum atomic E-state index is -0.548. The van der Waals surface area contributed by atoms with Crippen molar-refractivity contribution in [2.24, 2.45) is 0 Å². The zero-order chi connectivity index (χ0) is 9.84. The molecule has 0 aliphatic rings. The third kappa shape index (κ3) is 1.85. The van der Waals surface area contributed by atoms with Gasteiger partial charge in [-0.1, -0.05) is 19.1 Å². The number of aliphatic hydroxyl groups excluding tert-OH is 1. The molecule has 3 heteroatoms. The largest absolute Gasteiger partial charge is 0.395 e. The van der Waals surface area contributed by atoms with Crippen LogP contribution in [0.15, 0.2) is 18.2 Å². The van der Waals surface area contributed by atoms with E-state index in [9.17, 15) is 4.39 Å². The molecule has 0 spiro atoms. The Bertz CT molecular complexity index is 343. The van der Waals surface area contributed by atoms with Crippen molar-refractivity contribution in [1.29, 1.82) is 5.26 Å². The van der Waals surface area contributed by atoms with E-state index >= 15 is 0 Å². The Balaban J connectivity index is 3.22. The molecular formula is C10H9FNO. The zero-order valence-corrected chi connectivity index (χ0v) is 7.21. The van der Waals surface area contributed by atoms with Crippen molar-refractivity contribution in [3.8, 4) is 6.07 Å². The van der Waals surface area contributed by atoms with E-state index in [4.69, 9.17) is 10.4 Å². The van der Waals surface area contributed by atoms with E-state index in [-0.39, 0.29) is 12.2 Å². The summed E-state index contributed by atoms with van der Waals surface area (Å²) in [5.74, 6) is 0.0452. The highest BCUT2D eigenvalue weighted by molar-refractivity contribution is 5.45. The second-order valence-corrected chi connectivity index (χ2v) is 2.71. The Morgan fingerprint density at radius 3 is 2.85 bits per heavy atom. The highest BCUT2D eigenvalue weighted by Gasteiger charge is 2.13. The third-order valence-corrected chi connectivity index (χ3v) is 1.82. The average molecular weight is 178 g/mol. The molecule has 67 valence electrons. The van der Waals surface area contributed by atoms with Crippen LogP contribution < -0.4 is 0 Å². The summed E-state index contributed by atoms with van der Waals surface area (Å²) in [7, 11) is 0. The quantitative estimate of drug-likeness (QED) is 0.748. The van der Waals surface area contributed by atoms with Crippen LogP contribution in [-0.2, 0) is 0 Å². The Labute approximate surface area is 76.2 Å². The van der Waals surface area contributed by atoms with Crippen LogP contribution in [0.2, 0.25) is 0 Å². The molecule has 0 amide bonds. The maximum Gasteiger partial charge on any atom is 0.141 e. The Hall–Kier alpha value is -1.40. The monoisotopic (exact) mass is 178 g/mol. The van der Waals surface area contributed by atoms with Crippen LogP contribution in [0.25, 0.3) is 0 Å². The fourth-order valence-electron chi connectivity index (χ4n) is 1.08. The van der Waals surface area contributed by atoms with E-state index in [0.29, 0.717) is 11.5 Å². The number of nitrogens with zero attached hydrogens (tertiary/aromatic N) is 1. The standard InChI is InChI=1S/C10H9FNO/c1-7(6-13)8-3-2-4-10(11)9(8)5-12/h2-4,13H,6H2,1H3. The van der Waals surface area contributed by atoms with E-state index in [1.165, 1.54) is 12.1 Å². The predicted octanol–water partition coefficient (Wildman–Crippen LogP) is 1.63. The third-order valence-electron chi connectivity index (χ3n) is 1.82. The number of rotatable bonds is 2. The van der Waals surface area contributed by atoms with Gasteiger partial charge in [-0.3, -0.25) is 0 Å². The number of benzene rings is 1. The van der Waals surface area contributed by atoms with Crippen LogP contribution in [0.4, 0.5) is 4.39 Å². The minimum absolute atomic E-state index is 0.00551. The molecule has 0 aliphatic heterocycles. The topological polar surface area (TPSA) is 44.0 Å². The first-order valence-electron chi connectivity index (χ1n) is 3.83. The van der Waals surface area contributed by atoms with Gasteiger partial charge in [-0.25, -0.2) is 4.39 Å².